The van der Waals surface area contributed by atoms with E-state index in [1.165, 1.54) is 11.1 Å². The van der Waals surface area contributed by atoms with Crippen LogP contribution in [-0.4, -0.2) is 21.9 Å². The number of para-hydroxylation sites is 2. The van der Waals surface area contributed by atoms with Crippen LogP contribution in [0.25, 0.3) is 11.0 Å². The minimum absolute atomic E-state index is 0.682. The summed E-state index contributed by atoms with van der Waals surface area (Å²) in [7, 11) is 0. The fraction of sp³-hybridized carbons (Fsp3) is 0.278. The molecule has 0 unspecified atom stereocenters. The number of hydrogen-bond donors (Lipinski definition) is 0. The van der Waals surface area contributed by atoms with Gasteiger partial charge in [0, 0.05) is 12.3 Å². The van der Waals surface area contributed by atoms with Gasteiger partial charge in [-0.2, -0.15) is 0 Å². The third kappa shape index (κ3) is 3.28. The third-order valence-electron chi connectivity index (χ3n) is 3.51. The summed E-state index contributed by atoms with van der Waals surface area (Å²) in [5.74, 6) is 1.82. The van der Waals surface area contributed by atoms with Gasteiger partial charge in [0.1, 0.15) is 5.75 Å². The molecule has 0 aliphatic rings. The minimum atomic E-state index is 0.682. The highest BCUT2D eigenvalue weighted by Gasteiger charge is 2.09. The minimum Gasteiger partial charge on any atom is -0.493 e. The Bertz CT molecular complexity index is 767. The highest BCUT2D eigenvalue weighted by molar-refractivity contribution is 7.99. The van der Waals surface area contributed by atoms with Gasteiger partial charge in [-0.15, -0.1) is 0 Å². The summed E-state index contributed by atoms with van der Waals surface area (Å²) in [6, 6.07) is 16.4. The maximum Gasteiger partial charge on any atom is 0.169 e. The van der Waals surface area contributed by atoms with Crippen molar-refractivity contribution < 1.29 is 4.74 Å². The summed E-state index contributed by atoms with van der Waals surface area (Å²) >= 11 is 1.75. The third-order valence-corrected chi connectivity index (χ3v) is 4.45. The Morgan fingerprint density at radius 3 is 2.82 bits per heavy atom. The molecule has 0 fully saturated rings. The van der Waals surface area contributed by atoms with E-state index in [1.54, 1.807) is 11.8 Å². The molecule has 0 radical (unpaired) electrons. The second kappa shape index (κ2) is 6.88. The van der Waals surface area contributed by atoms with E-state index in [4.69, 9.17) is 9.72 Å². The van der Waals surface area contributed by atoms with Crippen LogP contribution in [-0.2, 0) is 6.54 Å². The molecule has 4 heteroatoms. The predicted molar refractivity (Wildman–Crippen MR) is 92.8 cm³/mol. The number of fused-ring (bicyclic) bond motifs is 1. The Morgan fingerprint density at radius 1 is 1.14 bits per heavy atom. The number of hydrogen-bond acceptors (Lipinski definition) is 3. The second-order valence-electron chi connectivity index (χ2n) is 5.14. The SMILES string of the molecule is CCn1c(SCCOc2cccc(C)c2)nc2ccccc21. The van der Waals surface area contributed by atoms with Gasteiger partial charge >= 0.3 is 0 Å². The molecule has 0 bridgehead atoms. The lowest BCUT2D eigenvalue weighted by Gasteiger charge is -2.08. The molecule has 1 heterocycles. The maximum absolute atomic E-state index is 5.80. The highest BCUT2D eigenvalue weighted by atomic mass is 32.2. The fourth-order valence-electron chi connectivity index (χ4n) is 2.47. The molecule has 1 aromatic heterocycles. The van der Waals surface area contributed by atoms with Crippen molar-refractivity contribution in [3.05, 3.63) is 54.1 Å². The first-order valence-electron chi connectivity index (χ1n) is 7.55. The van der Waals surface area contributed by atoms with Crippen molar-refractivity contribution in [2.24, 2.45) is 0 Å². The normalized spacial score (nSPS) is 11.0. The lowest BCUT2D eigenvalue weighted by molar-refractivity contribution is 0.343. The van der Waals surface area contributed by atoms with Crippen molar-refractivity contribution in [2.45, 2.75) is 25.5 Å². The van der Waals surface area contributed by atoms with E-state index in [0.717, 1.165) is 28.7 Å². The van der Waals surface area contributed by atoms with Gasteiger partial charge in [-0.05, 0) is 43.7 Å². The van der Waals surface area contributed by atoms with Crippen molar-refractivity contribution in [3.63, 3.8) is 0 Å². The first kappa shape index (κ1) is 15.0. The zero-order valence-electron chi connectivity index (χ0n) is 13.0. The number of ether oxygens (including phenoxy) is 1. The zero-order chi connectivity index (χ0) is 15.4. The lowest BCUT2D eigenvalue weighted by atomic mass is 10.2. The second-order valence-corrected chi connectivity index (χ2v) is 6.20. The molecule has 0 saturated heterocycles. The predicted octanol–water partition coefficient (Wildman–Crippen LogP) is 4.54. The Kier molecular flexibility index (Phi) is 4.68. The van der Waals surface area contributed by atoms with Crippen LogP contribution in [0.1, 0.15) is 12.5 Å². The first-order valence-corrected chi connectivity index (χ1v) is 8.54. The number of imidazole rings is 1. The van der Waals surface area contributed by atoms with E-state index in [0.29, 0.717) is 6.61 Å². The van der Waals surface area contributed by atoms with Gasteiger partial charge in [0.15, 0.2) is 5.16 Å². The molecule has 22 heavy (non-hydrogen) atoms. The van der Waals surface area contributed by atoms with Gasteiger partial charge in [-0.1, -0.05) is 36.0 Å². The number of thioether (sulfide) groups is 1. The number of nitrogens with zero attached hydrogens (tertiary/aromatic N) is 2. The van der Waals surface area contributed by atoms with E-state index >= 15 is 0 Å². The molecule has 3 aromatic rings. The van der Waals surface area contributed by atoms with Crippen LogP contribution in [0.3, 0.4) is 0 Å². The van der Waals surface area contributed by atoms with Crippen molar-refractivity contribution >= 4 is 22.8 Å². The van der Waals surface area contributed by atoms with Gasteiger partial charge in [0.25, 0.3) is 0 Å². The highest BCUT2D eigenvalue weighted by Crippen LogP contribution is 2.24. The molecule has 2 aromatic carbocycles. The molecule has 3 nitrogen and oxygen atoms in total. The van der Waals surface area contributed by atoms with Crippen LogP contribution in [0.2, 0.25) is 0 Å². The van der Waals surface area contributed by atoms with E-state index in [1.807, 2.05) is 18.2 Å². The van der Waals surface area contributed by atoms with Crippen LogP contribution >= 0.6 is 11.8 Å². The molecule has 114 valence electrons. The number of aromatic nitrogens is 2. The van der Waals surface area contributed by atoms with Crippen molar-refractivity contribution in [1.29, 1.82) is 0 Å². The monoisotopic (exact) mass is 312 g/mol. The van der Waals surface area contributed by atoms with E-state index in [-0.39, 0.29) is 0 Å². The quantitative estimate of drug-likeness (QED) is 0.494. The van der Waals surface area contributed by atoms with Crippen molar-refractivity contribution in [3.8, 4) is 5.75 Å². The zero-order valence-corrected chi connectivity index (χ0v) is 13.8. The van der Waals surface area contributed by atoms with Gasteiger partial charge in [0.2, 0.25) is 0 Å². The van der Waals surface area contributed by atoms with E-state index in [2.05, 4.69) is 48.7 Å². The van der Waals surface area contributed by atoms with Crippen LogP contribution in [0.5, 0.6) is 5.75 Å². The summed E-state index contributed by atoms with van der Waals surface area (Å²) in [4.78, 5) is 4.71. The van der Waals surface area contributed by atoms with Gasteiger partial charge in [-0.25, -0.2) is 4.98 Å². The van der Waals surface area contributed by atoms with Crippen LogP contribution < -0.4 is 4.74 Å². The molecule has 0 N–H and O–H groups in total. The first-order chi connectivity index (χ1) is 10.8. The molecular formula is C18H20N2OS. The number of rotatable bonds is 6. The van der Waals surface area contributed by atoms with Crippen molar-refractivity contribution in [1.82, 2.24) is 9.55 Å². The van der Waals surface area contributed by atoms with Crippen LogP contribution in [0, 0.1) is 6.92 Å². The Morgan fingerprint density at radius 2 is 2.00 bits per heavy atom. The Hall–Kier alpha value is -1.94. The van der Waals surface area contributed by atoms with Crippen LogP contribution in [0.4, 0.5) is 0 Å². The lowest BCUT2D eigenvalue weighted by Crippen LogP contribution is -2.02. The summed E-state index contributed by atoms with van der Waals surface area (Å²) < 4.78 is 8.05. The van der Waals surface area contributed by atoms with Crippen LogP contribution in [0.15, 0.2) is 53.7 Å². The largest absolute Gasteiger partial charge is 0.493 e. The molecule has 3 rings (SSSR count). The standard InChI is InChI=1S/C18H20N2OS/c1-3-20-17-10-5-4-9-16(17)19-18(20)22-12-11-21-15-8-6-7-14(2)13-15/h4-10,13H,3,11-12H2,1-2H3. The molecular weight excluding hydrogens is 292 g/mol. The maximum atomic E-state index is 5.80. The summed E-state index contributed by atoms with van der Waals surface area (Å²) in [5, 5.41) is 1.07. The Balaban J connectivity index is 1.62. The van der Waals surface area contributed by atoms with Gasteiger partial charge in [0.05, 0.1) is 17.6 Å². The fourth-order valence-corrected chi connectivity index (χ4v) is 3.36. The van der Waals surface area contributed by atoms with E-state index in [9.17, 15) is 0 Å². The summed E-state index contributed by atoms with van der Waals surface area (Å²) in [5.41, 5.74) is 3.48. The average molecular weight is 312 g/mol. The molecule has 0 saturated carbocycles. The summed E-state index contributed by atoms with van der Waals surface area (Å²) in [6.45, 7) is 5.84. The molecule has 0 amide bonds. The molecule has 0 spiro atoms. The average Bonchev–Trinajstić information content (AvgIpc) is 2.89. The smallest absolute Gasteiger partial charge is 0.169 e. The molecule has 0 atom stereocenters. The van der Waals surface area contributed by atoms with E-state index < -0.39 is 0 Å². The molecule has 0 aliphatic heterocycles. The Labute approximate surface area is 135 Å². The molecule has 0 aliphatic carbocycles. The van der Waals surface area contributed by atoms with Gasteiger partial charge in [-0.3, -0.25) is 0 Å². The number of aryl methyl sites for hydroxylation is 2. The number of benzene rings is 2. The van der Waals surface area contributed by atoms with Gasteiger partial charge < -0.3 is 9.30 Å². The topological polar surface area (TPSA) is 27.1 Å². The summed E-state index contributed by atoms with van der Waals surface area (Å²) in [6.07, 6.45) is 0. The van der Waals surface area contributed by atoms with Crippen molar-refractivity contribution in [2.75, 3.05) is 12.4 Å².